The molecule has 0 saturated carbocycles. The molecule has 0 amide bonds. The van der Waals surface area contributed by atoms with Gasteiger partial charge < -0.3 is 10.5 Å². The zero-order chi connectivity index (χ0) is 15.8. The Morgan fingerprint density at radius 3 is 2.78 bits per heavy atom. The Bertz CT molecular complexity index is 892. The van der Waals surface area contributed by atoms with Crippen molar-refractivity contribution in [3.8, 4) is 28.5 Å². The van der Waals surface area contributed by atoms with E-state index in [9.17, 15) is 0 Å². The number of aryl methyl sites for hydroxylation is 1. The Kier molecular flexibility index (Phi) is 3.19. The van der Waals surface area contributed by atoms with Crippen molar-refractivity contribution >= 4 is 5.69 Å². The largest absolute Gasteiger partial charge is 0.496 e. The van der Waals surface area contributed by atoms with Crippen LogP contribution >= 0.6 is 0 Å². The SMILES string of the molecule is COc1cccc2c1CCc1cnc(-c3ncccc3N)nc1-2. The Balaban J connectivity index is 1.90. The molecule has 0 radical (unpaired) electrons. The first-order chi connectivity index (χ1) is 11.3. The van der Waals surface area contributed by atoms with Crippen molar-refractivity contribution in [3.05, 3.63) is 53.9 Å². The molecule has 1 aliphatic rings. The molecule has 0 aliphatic heterocycles. The minimum atomic E-state index is 0.553. The lowest BCUT2D eigenvalue weighted by Crippen LogP contribution is -2.09. The second-order valence-electron chi connectivity index (χ2n) is 5.50. The number of anilines is 1. The number of hydrogen-bond donors (Lipinski definition) is 1. The van der Waals surface area contributed by atoms with Crippen LogP contribution in [0.5, 0.6) is 5.75 Å². The van der Waals surface area contributed by atoms with Crippen LogP contribution in [0.4, 0.5) is 5.69 Å². The van der Waals surface area contributed by atoms with Crippen molar-refractivity contribution in [3.63, 3.8) is 0 Å². The maximum atomic E-state index is 6.01. The Morgan fingerprint density at radius 1 is 1.04 bits per heavy atom. The summed E-state index contributed by atoms with van der Waals surface area (Å²) in [5, 5.41) is 0. The average molecular weight is 304 g/mol. The molecule has 0 bridgehead atoms. The number of rotatable bonds is 2. The molecular weight excluding hydrogens is 288 g/mol. The fourth-order valence-electron chi connectivity index (χ4n) is 3.04. The summed E-state index contributed by atoms with van der Waals surface area (Å²) in [6, 6.07) is 9.67. The third-order valence-corrected chi connectivity index (χ3v) is 4.17. The van der Waals surface area contributed by atoms with E-state index in [1.54, 1.807) is 19.4 Å². The Labute approximate surface area is 134 Å². The third kappa shape index (κ3) is 2.21. The maximum Gasteiger partial charge on any atom is 0.180 e. The van der Waals surface area contributed by atoms with Gasteiger partial charge in [0.05, 0.1) is 18.5 Å². The van der Waals surface area contributed by atoms with Gasteiger partial charge >= 0.3 is 0 Å². The highest BCUT2D eigenvalue weighted by Crippen LogP contribution is 2.37. The highest BCUT2D eigenvalue weighted by Gasteiger charge is 2.22. The van der Waals surface area contributed by atoms with Gasteiger partial charge in [0.2, 0.25) is 0 Å². The number of nitrogens with zero attached hydrogens (tertiary/aromatic N) is 3. The summed E-state index contributed by atoms with van der Waals surface area (Å²) in [6.45, 7) is 0. The van der Waals surface area contributed by atoms with Crippen molar-refractivity contribution in [2.75, 3.05) is 12.8 Å². The van der Waals surface area contributed by atoms with Gasteiger partial charge in [-0.1, -0.05) is 12.1 Å². The lowest BCUT2D eigenvalue weighted by atomic mass is 9.89. The fraction of sp³-hybridized carbons (Fsp3) is 0.167. The van der Waals surface area contributed by atoms with Crippen molar-refractivity contribution in [2.45, 2.75) is 12.8 Å². The minimum absolute atomic E-state index is 0.553. The zero-order valence-corrected chi connectivity index (χ0v) is 12.8. The van der Waals surface area contributed by atoms with Crippen molar-refractivity contribution < 1.29 is 4.74 Å². The van der Waals surface area contributed by atoms with Crippen LogP contribution in [0.25, 0.3) is 22.8 Å². The molecule has 23 heavy (non-hydrogen) atoms. The van der Waals surface area contributed by atoms with Gasteiger partial charge in [-0.3, -0.25) is 4.98 Å². The first-order valence-electron chi connectivity index (χ1n) is 7.51. The molecule has 0 saturated heterocycles. The molecule has 0 fully saturated rings. The Morgan fingerprint density at radius 2 is 1.96 bits per heavy atom. The summed E-state index contributed by atoms with van der Waals surface area (Å²) in [4.78, 5) is 13.5. The van der Waals surface area contributed by atoms with Crippen LogP contribution in [0.1, 0.15) is 11.1 Å². The van der Waals surface area contributed by atoms with Crippen LogP contribution in [0.15, 0.2) is 42.7 Å². The van der Waals surface area contributed by atoms with E-state index in [2.05, 4.69) is 16.0 Å². The first kappa shape index (κ1) is 13.7. The van der Waals surface area contributed by atoms with Crippen LogP contribution in [-0.2, 0) is 12.8 Å². The summed E-state index contributed by atoms with van der Waals surface area (Å²) in [5.74, 6) is 1.46. The van der Waals surface area contributed by atoms with Gasteiger partial charge in [-0.15, -0.1) is 0 Å². The fourth-order valence-corrected chi connectivity index (χ4v) is 3.04. The molecule has 2 heterocycles. The molecule has 1 aliphatic carbocycles. The zero-order valence-electron chi connectivity index (χ0n) is 12.8. The predicted octanol–water partition coefficient (Wildman–Crippen LogP) is 2.90. The van der Waals surface area contributed by atoms with E-state index in [-0.39, 0.29) is 0 Å². The molecule has 3 aromatic rings. The number of pyridine rings is 1. The van der Waals surface area contributed by atoms with E-state index in [1.165, 1.54) is 5.56 Å². The summed E-state index contributed by atoms with van der Waals surface area (Å²) >= 11 is 0. The van der Waals surface area contributed by atoms with Crippen LogP contribution < -0.4 is 10.5 Å². The molecule has 0 spiro atoms. The minimum Gasteiger partial charge on any atom is -0.496 e. The van der Waals surface area contributed by atoms with Crippen LogP contribution in [0, 0.1) is 0 Å². The van der Waals surface area contributed by atoms with Crippen LogP contribution in [0.2, 0.25) is 0 Å². The van der Waals surface area contributed by atoms with E-state index < -0.39 is 0 Å². The van der Waals surface area contributed by atoms with Crippen molar-refractivity contribution in [1.29, 1.82) is 0 Å². The smallest absolute Gasteiger partial charge is 0.180 e. The summed E-state index contributed by atoms with van der Waals surface area (Å²) < 4.78 is 5.49. The topological polar surface area (TPSA) is 73.9 Å². The van der Waals surface area contributed by atoms with E-state index in [4.69, 9.17) is 15.5 Å². The summed E-state index contributed by atoms with van der Waals surface area (Å²) in [5.41, 5.74) is 11.6. The highest BCUT2D eigenvalue weighted by molar-refractivity contribution is 5.75. The second kappa shape index (κ2) is 5.35. The molecule has 2 N–H and O–H groups in total. The van der Waals surface area contributed by atoms with Crippen LogP contribution in [-0.4, -0.2) is 22.1 Å². The number of fused-ring (bicyclic) bond motifs is 3. The van der Waals surface area contributed by atoms with E-state index in [0.29, 0.717) is 17.2 Å². The summed E-state index contributed by atoms with van der Waals surface area (Å²) in [7, 11) is 1.70. The number of ether oxygens (including phenoxy) is 1. The van der Waals surface area contributed by atoms with Gasteiger partial charge in [-0.25, -0.2) is 9.97 Å². The molecule has 4 rings (SSSR count). The van der Waals surface area contributed by atoms with Gasteiger partial charge in [0.15, 0.2) is 5.82 Å². The van der Waals surface area contributed by atoms with Gasteiger partial charge in [0.1, 0.15) is 11.4 Å². The second-order valence-corrected chi connectivity index (χ2v) is 5.50. The van der Waals surface area contributed by atoms with E-state index >= 15 is 0 Å². The number of nitrogen functional groups attached to an aromatic ring is 1. The van der Waals surface area contributed by atoms with Gasteiger partial charge in [0.25, 0.3) is 0 Å². The molecule has 5 nitrogen and oxygen atoms in total. The lowest BCUT2D eigenvalue weighted by molar-refractivity contribution is 0.409. The number of benzene rings is 1. The number of aromatic nitrogens is 3. The lowest BCUT2D eigenvalue weighted by Gasteiger charge is -2.21. The van der Waals surface area contributed by atoms with E-state index in [1.807, 2.05) is 24.4 Å². The molecular formula is C18H16N4O. The van der Waals surface area contributed by atoms with Gasteiger partial charge in [-0.05, 0) is 36.6 Å². The molecule has 0 atom stereocenters. The normalized spacial score (nSPS) is 12.4. The quantitative estimate of drug-likeness (QED) is 0.788. The standard InChI is InChI=1S/C18H16N4O/c1-23-15-6-2-4-13-12(15)8-7-11-10-21-18(22-16(11)13)17-14(19)5-3-9-20-17/h2-6,9-10H,7-8,19H2,1H3. The monoisotopic (exact) mass is 304 g/mol. The molecule has 1 aromatic carbocycles. The maximum absolute atomic E-state index is 6.01. The predicted molar refractivity (Wildman–Crippen MR) is 89.1 cm³/mol. The van der Waals surface area contributed by atoms with Crippen LogP contribution in [0.3, 0.4) is 0 Å². The summed E-state index contributed by atoms with van der Waals surface area (Å²) in [6.07, 6.45) is 5.42. The highest BCUT2D eigenvalue weighted by atomic mass is 16.5. The molecule has 114 valence electrons. The Hall–Kier alpha value is -2.95. The van der Waals surface area contributed by atoms with Crippen molar-refractivity contribution in [1.82, 2.24) is 15.0 Å². The number of methoxy groups -OCH3 is 1. The average Bonchev–Trinajstić information content (AvgIpc) is 2.61. The third-order valence-electron chi connectivity index (χ3n) is 4.17. The first-order valence-corrected chi connectivity index (χ1v) is 7.51. The van der Waals surface area contributed by atoms with Gasteiger partial charge in [-0.2, -0.15) is 0 Å². The molecule has 0 unspecified atom stereocenters. The number of nitrogens with two attached hydrogens (primary N) is 1. The van der Waals surface area contributed by atoms with E-state index in [0.717, 1.165) is 35.4 Å². The van der Waals surface area contributed by atoms with Crippen molar-refractivity contribution in [2.24, 2.45) is 0 Å². The van der Waals surface area contributed by atoms with Gasteiger partial charge in [0, 0.05) is 23.5 Å². The molecule has 5 heteroatoms. The molecule has 2 aromatic heterocycles. The number of hydrogen-bond acceptors (Lipinski definition) is 5.